The molecule has 72 valence electrons. The lowest BCUT2D eigenvalue weighted by molar-refractivity contribution is 0.188. The normalized spacial score (nSPS) is 13.0. The van der Waals surface area contributed by atoms with E-state index in [1.807, 2.05) is 6.92 Å². The monoisotopic (exact) mass is 173 g/mol. The van der Waals surface area contributed by atoms with Gasteiger partial charge in [0.15, 0.2) is 0 Å². The van der Waals surface area contributed by atoms with Gasteiger partial charge in [0.2, 0.25) is 0 Å². The molecule has 1 amide bonds. The van der Waals surface area contributed by atoms with Gasteiger partial charge in [-0.05, 0) is 25.2 Å². The second-order valence-corrected chi connectivity index (χ2v) is 3.53. The molecule has 0 spiro atoms. The number of carbonyl (C=O) groups is 1. The number of hydrogen-bond acceptors (Lipinski definition) is 1. The summed E-state index contributed by atoms with van der Waals surface area (Å²) in [5.74, 6) is 0.648. The lowest BCUT2D eigenvalue weighted by Crippen LogP contribution is -2.33. The van der Waals surface area contributed by atoms with Crippen molar-refractivity contribution >= 4 is 6.09 Å². The zero-order chi connectivity index (χ0) is 9.56. The molecule has 0 aliphatic rings. The van der Waals surface area contributed by atoms with Crippen LogP contribution in [0.4, 0.5) is 4.79 Å². The molecule has 0 heterocycles. The topological polar surface area (TPSA) is 49.3 Å². The molecule has 3 nitrogen and oxygen atoms in total. The Morgan fingerprint density at radius 3 is 2.33 bits per heavy atom. The largest absolute Gasteiger partial charge is 0.465 e. The first-order valence-corrected chi connectivity index (χ1v) is 4.55. The fourth-order valence-electron chi connectivity index (χ4n) is 1.09. The number of hydrogen-bond donors (Lipinski definition) is 2. The van der Waals surface area contributed by atoms with E-state index in [9.17, 15) is 4.79 Å². The van der Waals surface area contributed by atoms with Crippen molar-refractivity contribution in [1.29, 1.82) is 0 Å². The smallest absolute Gasteiger partial charge is 0.404 e. The van der Waals surface area contributed by atoms with Crippen LogP contribution in [0.2, 0.25) is 0 Å². The fraction of sp³-hybridized carbons (Fsp3) is 0.889. The molecule has 0 aromatic heterocycles. The third-order valence-electron chi connectivity index (χ3n) is 1.91. The predicted molar refractivity (Wildman–Crippen MR) is 49.3 cm³/mol. The van der Waals surface area contributed by atoms with Crippen LogP contribution in [0.15, 0.2) is 0 Å². The van der Waals surface area contributed by atoms with Crippen LogP contribution in [0.25, 0.3) is 0 Å². The van der Waals surface area contributed by atoms with Crippen molar-refractivity contribution < 1.29 is 9.90 Å². The molecule has 0 fully saturated rings. The maximum absolute atomic E-state index is 10.3. The standard InChI is InChI=1S/C9H19NO2/c1-4-8(10-9(11)12)6-5-7(2)3/h7-8,10H,4-6H2,1-3H3,(H,11,12). The van der Waals surface area contributed by atoms with E-state index in [0.717, 1.165) is 19.3 Å². The second-order valence-electron chi connectivity index (χ2n) is 3.53. The molecule has 0 saturated carbocycles. The molecule has 0 aliphatic carbocycles. The number of rotatable bonds is 5. The average molecular weight is 173 g/mol. The molecule has 0 aliphatic heterocycles. The van der Waals surface area contributed by atoms with Crippen molar-refractivity contribution in [3.05, 3.63) is 0 Å². The summed E-state index contributed by atoms with van der Waals surface area (Å²) >= 11 is 0. The van der Waals surface area contributed by atoms with E-state index in [0.29, 0.717) is 5.92 Å². The summed E-state index contributed by atoms with van der Waals surface area (Å²) in [6.45, 7) is 6.29. The zero-order valence-electron chi connectivity index (χ0n) is 8.13. The third kappa shape index (κ3) is 6.01. The van der Waals surface area contributed by atoms with Crippen LogP contribution in [0.1, 0.15) is 40.0 Å². The second kappa shape index (κ2) is 5.86. The Balaban J connectivity index is 3.60. The first-order valence-electron chi connectivity index (χ1n) is 4.55. The van der Waals surface area contributed by atoms with Crippen molar-refractivity contribution in [3.8, 4) is 0 Å². The predicted octanol–water partition coefficient (Wildman–Crippen LogP) is 2.47. The van der Waals surface area contributed by atoms with Crippen molar-refractivity contribution in [2.75, 3.05) is 0 Å². The number of amides is 1. The summed E-state index contributed by atoms with van der Waals surface area (Å²) in [6, 6.07) is 0.130. The minimum absolute atomic E-state index is 0.130. The van der Waals surface area contributed by atoms with Gasteiger partial charge in [-0.15, -0.1) is 0 Å². The van der Waals surface area contributed by atoms with Crippen LogP contribution in [0, 0.1) is 5.92 Å². The maximum atomic E-state index is 10.3. The van der Waals surface area contributed by atoms with Crippen molar-refractivity contribution in [2.45, 2.75) is 46.1 Å². The van der Waals surface area contributed by atoms with Gasteiger partial charge in [0.25, 0.3) is 0 Å². The number of carboxylic acid groups (broad SMARTS) is 1. The summed E-state index contributed by atoms with van der Waals surface area (Å²) in [4.78, 5) is 10.3. The molecule has 12 heavy (non-hydrogen) atoms. The van der Waals surface area contributed by atoms with Gasteiger partial charge in [-0.2, -0.15) is 0 Å². The first kappa shape index (κ1) is 11.3. The Labute approximate surface area is 74.2 Å². The van der Waals surface area contributed by atoms with E-state index in [1.165, 1.54) is 0 Å². The van der Waals surface area contributed by atoms with Gasteiger partial charge < -0.3 is 10.4 Å². The lowest BCUT2D eigenvalue weighted by atomic mass is 10.0. The molecule has 1 unspecified atom stereocenters. The van der Waals surface area contributed by atoms with Crippen molar-refractivity contribution in [1.82, 2.24) is 5.32 Å². The van der Waals surface area contributed by atoms with Gasteiger partial charge in [-0.3, -0.25) is 0 Å². The highest BCUT2D eigenvalue weighted by Gasteiger charge is 2.08. The van der Waals surface area contributed by atoms with Crippen molar-refractivity contribution in [3.63, 3.8) is 0 Å². The molecule has 0 radical (unpaired) electrons. The van der Waals surface area contributed by atoms with Crippen LogP contribution in [0.3, 0.4) is 0 Å². The van der Waals surface area contributed by atoms with Crippen LogP contribution in [0.5, 0.6) is 0 Å². The summed E-state index contributed by atoms with van der Waals surface area (Å²) in [6.07, 6.45) is 1.99. The van der Waals surface area contributed by atoms with Gasteiger partial charge >= 0.3 is 6.09 Å². The van der Waals surface area contributed by atoms with Crippen molar-refractivity contribution in [2.24, 2.45) is 5.92 Å². The van der Waals surface area contributed by atoms with E-state index in [2.05, 4.69) is 19.2 Å². The summed E-state index contributed by atoms with van der Waals surface area (Å²) in [5.41, 5.74) is 0. The number of nitrogens with one attached hydrogen (secondary N) is 1. The first-order chi connectivity index (χ1) is 5.56. The Morgan fingerprint density at radius 2 is 2.00 bits per heavy atom. The maximum Gasteiger partial charge on any atom is 0.404 e. The van der Waals surface area contributed by atoms with E-state index in [4.69, 9.17) is 5.11 Å². The molecule has 0 rings (SSSR count). The molecular weight excluding hydrogens is 154 g/mol. The van der Waals surface area contributed by atoms with Crippen LogP contribution >= 0.6 is 0 Å². The Hall–Kier alpha value is -0.730. The third-order valence-corrected chi connectivity index (χ3v) is 1.91. The molecule has 0 aromatic rings. The Bertz CT molecular complexity index is 134. The summed E-state index contributed by atoms with van der Waals surface area (Å²) in [7, 11) is 0. The van der Waals surface area contributed by atoms with Crippen LogP contribution in [-0.4, -0.2) is 17.2 Å². The van der Waals surface area contributed by atoms with Crippen LogP contribution in [-0.2, 0) is 0 Å². The Kier molecular flexibility index (Phi) is 5.51. The minimum Gasteiger partial charge on any atom is -0.465 e. The molecule has 0 aromatic carbocycles. The average Bonchev–Trinajstić information content (AvgIpc) is 1.97. The van der Waals surface area contributed by atoms with E-state index in [-0.39, 0.29) is 6.04 Å². The SMILES string of the molecule is CCC(CCC(C)C)NC(=O)O. The van der Waals surface area contributed by atoms with Crippen LogP contribution < -0.4 is 5.32 Å². The quantitative estimate of drug-likeness (QED) is 0.671. The molecular formula is C9H19NO2. The van der Waals surface area contributed by atoms with E-state index < -0.39 is 6.09 Å². The molecule has 2 N–H and O–H groups in total. The highest BCUT2D eigenvalue weighted by molar-refractivity contribution is 5.64. The molecule has 1 atom stereocenters. The fourth-order valence-corrected chi connectivity index (χ4v) is 1.09. The summed E-state index contributed by atoms with van der Waals surface area (Å²) in [5, 5.41) is 11.0. The minimum atomic E-state index is -0.911. The highest BCUT2D eigenvalue weighted by Crippen LogP contribution is 2.08. The van der Waals surface area contributed by atoms with Gasteiger partial charge in [0.1, 0.15) is 0 Å². The van der Waals surface area contributed by atoms with Gasteiger partial charge in [0, 0.05) is 6.04 Å². The Morgan fingerprint density at radius 1 is 1.42 bits per heavy atom. The summed E-state index contributed by atoms with van der Waals surface area (Å²) < 4.78 is 0. The lowest BCUT2D eigenvalue weighted by Gasteiger charge is -2.15. The van der Waals surface area contributed by atoms with Gasteiger partial charge in [0.05, 0.1) is 0 Å². The molecule has 0 bridgehead atoms. The molecule has 3 heteroatoms. The zero-order valence-corrected chi connectivity index (χ0v) is 8.13. The highest BCUT2D eigenvalue weighted by atomic mass is 16.4. The molecule has 0 saturated heterocycles. The van der Waals surface area contributed by atoms with Gasteiger partial charge in [-0.25, -0.2) is 4.79 Å². The van der Waals surface area contributed by atoms with E-state index in [1.54, 1.807) is 0 Å². The van der Waals surface area contributed by atoms with Gasteiger partial charge in [-0.1, -0.05) is 20.8 Å². The van der Waals surface area contributed by atoms with E-state index >= 15 is 0 Å².